The third-order valence-corrected chi connectivity index (χ3v) is 2.77. The molecule has 0 atom stereocenters. The molecule has 0 saturated heterocycles. The Bertz CT molecular complexity index is 435. The first kappa shape index (κ1) is 13.8. The van der Waals surface area contributed by atoms with Gasteiger partial charge in [0.15, 0.2) is 0 Å². The van der Waals surface area contributed by atoms with E-state index in [4.69, 9.17) is 28.3 Å². The minimum absolute atomic E-state index is 0.365. The van der Waals surface area contributed by atoms with Gasteiger partial charge in [0, 0.05) is 6.54 Å². The molecule has 1 amide bonds. The van der Waals surface area contributed by atoms with E-state index in [-0.39, 0.29) is 0 Å². The molecule has 4 nitrogen and oxygen atoms in total. The number of aliphatic carboxylic acids is 1. The lowest BCUT2D eigenvalue weighted by Crippen LogP contribution is -2.27. The number of rotatable bonds is 5. The molecule has 0 fully saturated rings. The van der Waals surface area contributed by atoms with Crippen molar-refractivity contribution < 1.29 is 14.7 Å². The van der Waals surface area contributed by atoms with E-state index in [1.807, 2.05) is 0 Å². The summed E-state index contributed by atoms with van der Waals surface area (Å²) in [5.74, 6) is -1.64. The lowest BCUT2D eigenvalue weighted by atomic mass is 10.1. The van der Waals surface area contributed by atoms with Crippen molar-refractivity contribution in [1.82, 2.24) is 5.32 Å². The van der Waals surface area contributed by atoms with Crippen LogP contribution in [-0.2, 0) is 16.0 Å². The number of hydrogen-bond acceptors (Lipinski definition) is 2. The van der Waals surface area contributed by atoms with E-state index < -0.39 is 18.3 Å². The number of carbonyl (C=O) groups is 2. The predicted molar refractivity (Wildman–Crippen MR) is 65.4 cm³/mol. The number of carbonyl (C=O) groups excluding carboxylic acids is 1. The Labute approximate surface area is 109 Å². The van der Waals surface area contributed by atoms with Crippen LogP contribution >= 0.6 is 23.2 Å². The first-order chi connectivity index (χ1) is 7.99. The summed E-state index contributed by atoms with van der Waals surface area (Å²) in [6.07, 6.45) is 0.0591. The van der Waals surface area contributed by atoms with Gasteiger partial charge in [0.1, 0.15) is 6.42 Å². The van der Waals surface area contributed by atoms with Gasteiger partial charge < -0.3 is 10.4 Å². The van der Waals surface area contributed by atoms with Crippen molar-refractivity contribution in [2.45, 2.75) is 12.8 Å². The van der Waals surface area contributed by atoms with Gasteiger partial charge in [0.2, 0.25) is 5.91 Å². The van der Waals surface area contributed by atoms with Crippen molar-refractivity contribution in [1.29, 1.82) is 0 Å². The zero-order valence-corrected chi connectivity index (χ0v) is 10.4. The Balaban J connectivity index is 2.38. The highest BCUT2D eigenvalue weighted by Crippen LogP contribution is 2.22. The quantitative estimate of drug-likeness (QED) is 0.809. The Morgan fingerprint density at radius 1 is 1.24 bits per heavy atom. The summed E-state index contributed by atoms with van der Waals surface area (Å²) < 4.78 is 0. The first-order valence-corrected chi connectivity index (χ1v) is 5.67. The van der Waals surface area contributed by atoms with Crippen LogP contribution in [0.4, 0.5) is 0 Å². The van der Waals surface area contributed by atoms with E-state index in [0.717, 1.165) is 5.56 Å². The molecular formula is C11H11Cl2NO3. The summed E-state index contributed by atoms with van der Waals surface area (Å²) in [7, 11) is 0. The molecule has 0 unspecified atom stereocenters. The van der Waals surface area contributed by atoms with E-state index in [0.29, 0.717) is 23.0 Å². The molecule has 0 spiro atoms. The Morgan fingerprint density at radius 2 is 1.94 bits per heavy atom. The molecule has 0 aromatic heterocycles. The number of carboxylic acids is 1. The molecule has 0 radical (unpaired) electrons. The fraction of sp³-hybridized carbons (Fsp3) is 0.273. The molecule has 0 bridgehead atoms. The molecule has 0 saturated carbocycles. The van der Waals surface area contributed by atoms with Gasteiger partial charge in [-0.25, -0.2) is 0 Å². The summed E-state index contributed by atoms with van der Waals surface area (Å²) in [5, 5.41) is 11.8. The second-order valence-electron chi connectivity index (χ2n) is 3.42. The van der Waals surface area contributed by atoms with Gasteiger partial charge in [0.05, 0.1) is 10.0 Å². The van der Waals surface area contributed by atoms with Crippen LogP contribution in [0.5, 0.6) is 0 Å². The number of nitrogens with one attached hydrogen (secondary N) is 1. The average molecular weight is 276 g/mol. The van der Waals surface area contributed by atoms with Gasteiger partial charge in [-0.05, 0) is 24.1 Å². The van der Waals surface area contributed by atoms with Crippen molar-refractivity contribution in [3.8, 4) is 0 Å². The number of amides is 1. The monoisotopic (exact) mass is 275 g/mol. The Hall–Kier alpha value is -1.26. The van der Waals surface area contributed by atoms with Crippen molar-refractivity contribution >= 4 is 35.1 Å². The minimum Gasteiger partial charge on any atom is -0.481 e. The summed E-state index contributed by atoms with van der Waals surface area (Å²) in [5.41, 5.74) is 0.926. The van der Waals surface area contributed by atoms with Crippen LogP contribution in [0.2, 0.25) is 10.0 Å². The third-order valence-electron chi connectivity index (χ3n) is 2.03. The van der Waals surface area contributed by atoms with Gasteiger partial charge in [-0.15, -0.1) is 0 Å². The number of carboxylic acid groups (broad SMARTS) is 1. The highest BCUT2D eigenvalue weighted by atomic mass is 35.5. The average Bonchev–Trinajstić information content (AvgIpc) is 2.22. The molecule has 1 aromatic carbocycles. The maximum absolute atomic E-state index is 11.0. The predicted octanol–water partition coefficient (Wildman–Crippen LogP) is 2.13. The van der Waals surface area contributed by atoms with E-state index in [9.17, 15) is 9.59 Å². The molecule has 6 heteroatoms. The van der Waals surface area contributed by atoms with E-state index >= 15 is 0 Å². The second kappa shape index (κ2) is 6.47. The molecule has 17 heavy (non-hydrogen) atoms. The van der Waals surface area contributed by atoms with E-state index in [2.05, 4.69) is 5.32 Å². The fourth-order valence-corrected chi connectivity index (χ4v) is 1.56. The fourth-order valence-electron chi connectivity index (χ4n) is 1.24. The molecule has 0 aliphatic carbocycles. The van der Waals surface area contributed by atoms with E-state index in [1.54, 1.807) is 18.2 Å². The van der Waals surface area contributed by atoms with Gasteiger partial charge in [-0.1, -0.05) is 29.3 Å². The van der Waals surface area contributed by atoms with Crippen LogP contribution in [-0.4, -0.2) is 23.5 Å². The zero-order chi connectivity index (χ0) is 12.8. The van der Waals surface area contributed by atoms with Crippen molar-refractivity contribution in [2.75, 3.05) is 6.54 Å². The Morgan fingerprint density at radius 3 is 2.53 bits per heavy atom. The standard InChI is InChI=1S/C11H11Cl2NO3/c12-8-2-1-7(5-9(8)13)3-4-14-10(15)6-11(16)17/h1-2,5H,3-4,6H2,(H,14,15)(H,16,17). The summed E-state index contributed by atoms with van der Waals surface area (Å²) in [6.45, 7) is 0.365. The van der Waals surface area contributed by atoms with Crippen molar-refractivity contribution in [3.05, 3.63) is 33.8 Å². The van der Waals surface area contributed by atoms with Gasteiger partial charge in [-0.2, -0.15) is 0 Å². The number of halogens is 2. The molecule has 2 N–H and O–H groups in total. The largest absolute Gasteiger partial charge is 0.481 e. The van der Waals surface area contributed by atoms with Crippen LogP contribution in [0, 0.1) is 0 Å². The van der Waals surface area contributed by atoms with Crippen LogP contribution in [0.3, 0.4) is 0 Å². The highest BCUT2D eigenvalue weighted by Gasteiger charge is 2.06. The summed E-state index contributed by atoms with van der Waals surface area (Å²) in [6, 6.07) is 5.20. The van der Waals surface area contributed by atoms with Crippen LogP contribution < -0.4 is 5.32 Å². The minimum atomic E-state index is -1.14. The molecular weight excluding hydrogens is 265 g/mol. The van der Waals surface area contributed by atoms with Crippen LogP contribution in [0.25, 0.3) is 0 Å². The van der Waals surface area contributed by atoms with Gasteiger partial charge >= 0.3 is 5.97 Å². The molecule has 1 rings (SSSR count). The molecule has 92 valence electrons. The molecule has 0 aliphatic heterocycles. The van der Waals surface area contributed by atoms with E-state index in [1.165, 1.54) is 0 Å². The van der Waals surface area contributed by atoms with Crippen molar-refractivity contribution in [2.24, 2.45) is 0 Å². The maximum atomic E-state index is 11.0. The smallest absolute Gasteiger partial charge is 0.312 e. The second-order valence-corrected chi connectivity index (χ2v) is 4.23. The topological polar surface area (TPSA) is 66.4 Å². The van der Waals surface area contributed by atoms with Gasteiger partial charge in [-0.3, -0.25) is 9.59 Å². The zero-order valence-electron chi connectivity index (χ0n) is 8.87. The number of benzene rings is 1. The molecule has 1 aromatic rings. The lowest BCUT2D eigenvalue weighted by molar-refractivity contribution is -0.140. The maximum Gasteiger partial charge on any atom is 0.312 e. The molecule has 0 aliphatic rings. The summed E-state index contributed by atoms with van der Waals surface area (Å²) >= 11 is 11.6. The van der Waals surface area contributed by atoms with Crippen LogP contribution in [0.1, 0.15) is 12.0 Å². The molecule has 0 heterocycles. The SMILES string of the molecule is O=C(O)CC(=O)NCCc1ccc(Cl)c(Cl)c1. The third kappa shape index (κ3) is 5.06. The first-order valence-electron chi connectivity index (χ1n) is 4.91. The van der Waals surface area contributed by atoms with Crippen LogP contribution in [0.15, 0.2) is 18.2 Å². The highest BCUT2D eigenvalue weighted by molar-refractivity contribution is 6.42. The lowest BCUT2D eigenvalue weighted by Gasteiger charge is -2.05. The number of hydrogen-bond donors (Lipinski definition) is 2. The normalized spacial score (nSPS) is 10.0. The Kier molecular flexibility index (Phi) is 5.25. The van der Waals surface area contributed by atoms with Gasteiger partial charge in [0.25, 0.3) is 0 Å². The summed E-state index contributed by atoms with van der Waals surface area (Å²) in [4.78, 5) is 21.3. The van der Waals surface area contributed by atoms with Crippen molar-refractivity contribution in [3.63, 3.8) is 0 Å².